The van der Waals surface area contributed by atoms with Crippen LogP contribution in [-0.2, 0) is 0 Å². The molecule has 0 amide bonds. The number of nitrogens with one attached hydrogen (secondary N) is 1. The van der Waals surface area contributed by atoms with E-state index in [1.54, 1.807) is 0 Å². The number of halogens is 1. The van der Waals surface area contributed by atoms with E-state index in [1.807, 2.05) is 18.5 Å². The molecule has 2 heterocycles. The summed E-state index contributed by atoms with van der Waals surface area (Å²) in [6.07, 6.45) is 4.92. The molecule has 3 rings (SSSR count). The van der Waals surface area contributed by atoms with E-state index < -0.39 is 0 Å². The Hall–Kier alpha value is -1.35. The van der Waals surface area contributed by atoms with E-state index in [-0.39, 0.29) is 0 Å². The standard InChI is InChI=1S/C14H13BrN2/c15-13-5-1-4-12-11(6-8-17-14(12)13)10-3-2-7-16-9-10/h1-5,7,9,11,17H,6,8H2. The lowest BCUT2D eigenvalue weighted by Gasteiger charge is -2.27. The molecular formula is C14H13BrN2. The van der Waals surface area contributed by atoms with Crippen LogP contribution in [0.1, 0.15) is 23.5 Å². The van der Waals surface area contributed by atoms with Crippen LogP contribution < -0.4 is 5.32 Å². The first kappa shape index (κ1) is 10.8. The summed E-state index contributed by atoms with van der Waals surface area (Å²) in [6, 6.07) is 10.5. The summed E-state index contributed by atoms with van der Waals surface area (Å²) >= 11 is 3.60. The molecule has 0 saturated heterocycles. The second kappa shape index (κ2) is 4.49. The Kier molecular flexibility index (Phi) is 2.85. The lowest BCUT2D eigenvalue weighted by atomic mass is 9.86. The number of para-hydroxylation sites is 1. The van der Waals surface area contributed by atoms with Gasteiger partial charge in [0, 0.05) is 29.3 Å². The van der Waals surface area contributed by atoms with E-state index in [0.717, 1.165) is 17.4 Å². The van der Waals surface area contributed by atoms with Gasteiger partial charge in [0.25, 0.3) is 0 Å². The van der Waals surface area contributed by atoms with Crippen molar-refractivity contribution in [1.82, 2.24) is 4.98 Å². The summed E-state index contributed by atoms with van der Waals surface area (Å²) in [5, 5.41) is 3.46. The highest BCUT2D eigenvalue weighted by molar-refractivity contribution is 9.10. The molecule has 17 heavy (non-hydrogen) atoms. The van der Waals surface area contributed by atoms with Crippen LogP contribution in [0.25, 0.3) is 0 Å². The zero-order valence-corrected chi connectivity index (χ0v) is 10.9. The topological polar surface area (TPSA) is 24.9 Å². The molecule has 2 nitrogen and oxygen atoms in total. The maximum Gasteiger partial charge on any atom is 0.0523 e. The summed E-state index contributed by atoms with van der Waals surface area (Å²) < 4.78 is 1.14. The molecule has 3 heteroatoms. The summed E-state index contributed by atoms with van der Waals surface area (Å²) in [4.78, 5) is 4.22. The molecule has 1 atom stereocenters. The van der Waals surface area contributed by atoms with Gasteiger partial charge in [0.15, 0.2) is 0 Å². The molecule has 0 radical (unpaired) electrons. The van der Waals surface area contributed by atoms with E-state index in [0.29, 0.717) is 5.92 Å². The van der Waals surface area contributed by atoms with E-state index in [4.69, 9.17) is 0 Å². The number of rotatable bonds is 1. The first-order chi connectivity index (χ1) is 8.36. The maximum atomic E-state index is 4.22. The molecule has 1 aliphatic rings. The smallest absolute Gasteiger partial charge is 0.0523 e. The molecule has 86 valence electrons. The summed E-state index contributed by atoms with van der Waals surface area (Å²) in [5.74, 6) is 0.456. The van der Waals surface area contributed by atoms with Crippen LogP contribution in [0.4, 0.5) is 5.69 Å². The van der Waals surface area contributed by atoms with Crippen molar-refractivity contribution >= 4 is 21.6 Å². The second-order valence-corrected chi connectivity index (χ2v) is 5.11. The molecular weight excluding hydrogens is 276 g/mol. The Labute approximate surface area is 109 Å². The fourth-order valence-corrected chi connectivity index (χ4v) is 2.96. The third-order valence-electron chi connectivity index (χ3n) is 3.24. The van der Waals surface area contributed by atoms with Crippen LogP contribution in [-0.4, -0.2) is 11.5 Å². The Balaban J connectivity index is 2.09. The van der Waals surface area contributed by atoms with Gasteiger partial charge in [0.05, 0.1) is 5.69 Å². The van der Waals surface area contributed by atoms with Crippen molar-refractivity contribution in [2.75, 3.05) is 11.9 Å². The molecule has 2 aromatic rings. The molecule has 1 unspecified atom stereocenters. The molecule has 0 spiro atoms. The van der Waals surface area contributed by atoms with Crippen molar-refractivity contribution in [3.8, 4) is 0 Å². The Morgan fingerprint density at radius 1 is 1.24 bits per heavy atom. The third-order valence-corrected chi connectivity index (χ3v) is 3.90. The molecule has 0 fully saturated rings. The van der Waals surface area contributed by atoms with Gasteiger partial charge in [-0.15, -0.1) is 0 Å². The molecule has 1 aromatic carbocycles. The van der Waals surface area contributed by atoms with Gasteiger partial charge in [-0.3, -0.25) is 4.98 Å². The molecule has 1 aliphatic heterocycles. The number of hydrogen-bond acceptors (Lipinski definition) is 2. The van der Waals surface area contributed by atoms with Gasteiger partial charge in [0.2, 0.25) is 0 Å². The SMILES string of the molecule is Brc1cccc2c1NCCC2c1cccnc1. The third kappa shape index (κ3) is 1.95. The molecule has 1 aromatic heterocycles. The number of hydrogen-bond donors (Lipinski definition) is 1. The average molecular weight is 289 g/mol. The highest BCUT2D eigenvalue weighted by Gasteiger charge is 2.22. The van der Waals surface area contributed by atoms with Crippen molar-refractivity contribution in [2.45, 2.75) is 12.3 Å². The zero-order chi connectivity index (χ0) is 11.7. The Morgan fingerprint density at radius 3 is 3.00 bits per heavy atom. The number of nitrogens with zero attached hydrogens (tertiary/aromatic N) is 1. The lowest BCUT2D eigenvalue weighted by Crippen LogP contribution is -2.18. The van der Waals surface area contributed by atoms with E-state index in [9.17, 15) is 0 Å². The van der Waals surface area contributed by atoms with Crippen molar-refractivity contribution in [1.29, 1.82) is 0 Å². The predicted molar refractivity (Wildman–Crippen MR) is 73.3 cm³/mol. The van der Waals surface area contributed by atoms with Gasteiger partial charge in [-0.2, -0.15) is 0 Å². The van der Waals surface area contributed by atoms with Crippen LogP contribution in [0.2, 0.25) is 0 Å². The second-order valence-electron chi connectivity index (χ2n) is 4.26. The molecule has 0 saturated carbocycles. The monoisotopic (exact) mass is 288 g/mol. The van der Waals surface area contributed by atoms with Gasteiger partial charge in [-0.25, -0.2) is 0 Å². The molecule has 0 aliphatic carbocycles. The fraction of sp³-hybridized carbons (Fsp3) is 0.214. The quantitative estimate of drug-likeness (QED) is 0.864. The van der Waals surface area contributed by atoms with Crippen LogP contribution in [0.15, 0.2) is 47.2 Å². The highest BCUT2D eigenvalue weighted by atomic mass is 79.9. The minimum atomic E-state index is 0.456. The average Bonchev–Trinajstić information content (AvgIpc) is 2.40. The highest BCUT2D eigenvalue weighted by Crippen LogP contribution is 2.39. The van der Waals surface area contributed by atoms with Crippen molar-refractivity contribution < 1.29 is 0 Å². The van der Waals surface area contributed by atoms with Crippen molar-refractivity contribution in [2.24, 2.45) is 0 Å². The number of aromatic nitrogens is 1. The van der Waals surface area contributed by atoms with Crippen LogP contribution in [0.3, 0.4) is 0 Å². The summed E-state index contributed by atoms with van der Waals surface area (Å²) in [6.45, 7) is 1.01. The van der Waals surface area contributed by atoms with Gasteiger partial charge in [-0.05, 0) is 45.6 Å². The van der Waals surface area contributed by atoms with Gasteiger partial charge >= 0.3 is 0 Å². The summed E-state index contributed by atoms with van der Waals surface area (Å²) in [7, 11) is 0. The van der Waals surface area contributed by atoms with E-state index >= 15 is 0 Å². The minimum absolute atomic E-state index is 0.456. The lowest BCUT2D eigenvalue weighted by molar-refractivity contribution is 0.716. The van der Waals surface area contributed by atoms with Crippen LogP contribution in [0, 0.1) is 0 Å². The van der Waals surface area contributed by atoms with Crippen LogP contribution in [0.5, 0.6) is 0 Å². The normalized spacial score (nSPS) is 18.3. The minimum Gasteiger partial charge on any atom is -0.384 e. The van der Waals surface area contributed by atoms with Crippen molar-refractivity contribution in [3.05, 3.63) is 58.3 Å². The van der Waals surface area contributed by atoms with E-state index in [1.165, 1.54) is 16.8 Å². The van der Waals surface area contributed by atoms with E-state index in [2.05, 4.69) is 50.5 Å². The predicted octanol–water partition coefficient (Wildman–Crippen LogP) is 3.79. The molecule has 0 bridgehead atoms. The molecule has 1 N–H and O–H groups in total. The van der Waals surface area contributed by atoms with Gasteiger partial charge < -0.3 is 5.32 Å². The Morgan fingerprint density at radius 2 is 2.18 bits per heavy atom. The van der Waals surface area contributed by atoms with Crippen LogP contribution >= 0.6 is 15.9 Å². The maximum absolute atomic E-state index is 4.22. The number of anilines is 1. The zero-order valence-electron chi connectivity index (χ0n) is 9.36. The number of benzene rings is 1. The van der Waals surface area contributed by atoms with Gasteiger partial charge in [0.1, 0.15) is 0 Å². The van der Waals surface area contributed by atoms with Gasteiger partial charge in [-0.1, -0.05) is 18.2 Å². The number of pyridine rings is 1. The first-order valence-corrected chi connectivity index (χ1v) is 6.58. The summed E-state index contributed by atoms with van der Waals surface area (Å²) in [5.41, 5.74) is 3.89. The number of fused-ring (bicyclic) bond motifs is 1. The van der Waals surface area contributed by atoms with Crippen molar-refractivity contribution in [3.63, 3.8) is 0 Å². The largest absolute Gasteiger partial charge is 0.384 e. The Bertz CT molecular complexity index is 525. The first-order valence-electron chi connectivity index (χ1n) is 5.78. The fourth-order valence-electron chi connectivity index (χ4n) is 2.44.